The van der Waals surface area contributed by atoms with Gasteiger partial charge in [-0.2, -0.15) is 0 Å². The number of hydrogen-bond donors (Lipinski definition) is 0. The van der Waals surface area contributed by atoms with Crippen molar-refractivity contribution < 1.29 is 15.8 Å². The van der Waals surface area contributed by atoms with Gasteiger partial charge in [-0.25, -0.2) is 9.97 Å². The molecule has 8 rings (SSSR count). The molecule has 0 aliphatic heterocycles. The third-order valence-electron chi connectivity index (χ3n) is 7.65. The molecular weight excluding hydrogens is 551 g/mol. The number of fused-ring (bicyclic) bond motifs is 6. The van der Waals surface area contributed by atoms with Crippen LogP contribution in [0.15, 0.2) is 120 Å². The van der Waals surface area contributed by atoms with Crippen LogP contribution in [-0.2, 0) is 0 Å². The Hall–Kier alpha value is -5.09. The SMILES string of the molecule is Cc1ccc2cccc([O][Al]([O]c3cccc4ccc(C)nc34)[O]c3c4ccccc4cc4c3oc3ccccc34)c2n1. The highest BCUT2D eigenvalue weighted by atomic mass is 27.3. The molecule has 0 amide bonds. The van der Waals surface area contributed by atoms with Crippen molar-refractivity contribution in [3.05, 3.63) is 127 Å². The van der Waals surface area contributed by atoms with Gasteiger partial charge in [-0.1, -0.05) is 78.9 Å². The molecule has 3 heterocycles. The van der Waals surface area contributed by atoms with Gasteiger partial charge in [0.1, 0.15) is 33.9 Å². The second kappa shape index (κ2) is 10.3. The van der Waals surface area contributed by atoms with E-state index in [1.807, 2.05) is 111 Å². The normalized spacial score (nSPS) is 11.5. The molecule has 0 fully saturated rings. The summed E-state index contributed by atoms with van der Waals surface area (Å²) in [6.45, 7) is 3.94. The number of benzene rings is 5. The van der Waals surface area contributed by atoms with Crippen LogP contribution in [0.5, 0.6) is 17.2 Å². The summed E-state index contributed by atoms with van der Waals surface area (Å²) < 4.78 is 26.7. The van der Waals surface area contributed by atoms with E-state index in [2.05, 4.69) is 18.2 Å². The first kappa shape index (κ1) is 25.6. The average Bonchev–Trinajstić information content (AvgIpc) is 3.40. The van der Waals surface area contributed by atoms with Crippen LogP contribution in [0.25, 0.3) is 54.5 Å². The molecule has 0 unspecified atom stereocenters. The summed E-state index contributed by atoms with van der Waals surface area (Å²) in [6, 6.07) is 38.2. The Kier molecular flexibility index (Phi) is 6.15. The number of rotatable bonds is 6. The van der Waals surface area contributed by atoms with Crippen molar-refractivity contribution in [2.24, 2.45) is 0 Å². The fraction of sp³-hybridized carbons (Fsp3) is 0.0556. The van der Waals surface area contributed by atoms with E-state index in [9.17, 15) is 0 Å². The van der Waals surface area contributed by atoms with Crippen LogP contribution >= 0.6 is 0 Å². The van der Waals surface area contributed by atoms with Gasteiger partial charge >= 0.3 is 15.1 Å². The number of hydrogen-bond acceptors (Lipinski definition) is 6. The van der Waals surface area contributed by atoms with E-state index in [1.54, 1.807) is 0 Å². The van der Waals surface area contributed by atoms with Gasteiger partial charge in [0.2, 0.25) is 0 Å². The fourth-order valence-corrected chi connectivity index (χ4v) is 6.97. The zero-order valence-electron chi connectivity index (χ0n) is 23.6. The van der Waals surface area contributed by atoms with Gasteiger partial charge in [0.05, 0.1) is 0 Å². The molecule has 206 valence electrons. The summed E-state index contributed by atoms with van der Waals surface area (Å²) in [4.78, 5) is 9.58. The monoisotopic (exact) mass is 576 g/mol. The van der Waals surface area contributed by atoms with Crippen LogP contribution in [0, 0.1) is 13.8 Å². The van der Waals surface area contributed by atoms with E-state index < -0.39 is 15.1 Å². The topological polar surface area (TPSA) is 66.6 Å². The number of aryl methyl sites for hydroxylation is 2. The zero-order valence-corrected chi connectivity index (χ0v) is 24.7. The Morgan fingerprint density at radius 3 is 1.79 bits per heavy atom. The van der Waals surface area contributed by atoms with Crippen molar-refractivity contribution >= 4 is 69.7 Å². The molecule has 0 radical (unpaired) electrons. The van der Waals surface area contributed by atoms with E-state index in [4.69, 9.17) is 25.8 Å². The van der Waals surface area contributed by atoms with Crippen LogP contribution in [0.4, 0.5) is 0 Å². The Morgan fingerprint density at radius 2 is 1.12 bits per heavy atom. The largest absolute Gasteiger partial charge is 1.20 e. The highest BCUT2D eigenvalue weighted by molar-refractivity contribution is 6.41. The maximum absolute atomic E-state index is 6.88. The molecule has 43 heavy (non-hydrogen) atoms. The lowest BCUT2D eigenvalue weighted by Gasteiger charge is -2.19. The predicted octanol–water partition coefficient (Wildman–Crippen LogP) is 8.97. The Labute approximate surface area is 252 Å². The molecule has 8 aromatic rings. The number of para-hydroxylation sites is 3. The van der Waals surface area contributed by atoms with Gasteiger partial charge in [-0.05, 0) is 55.6 Å². The zero-order chi connectivity index (χ0) is 28.9. The standard InChI is InChI=1S/C16H10O2.2C10H9NO.Al/c17-15-11-6-2-1-5-10(11)9-13-12-7-3-4-8-14(12)18-16(13)15;2*1-7-5-6-8-3-2-4-9(12)10(8)11-7;/h1-9,17H;2*2-6,12H,1H3;/q;;;+3/p-3. The number of furan rings is 1. The summed E-state index contributed by atoms with van der Waals surface area (Å²) in [5, 5.41) is 5.90. The quantitative estimate of drug-likeness (QED) is 0.184. The summed E-state index contributed by atoms with van der Waals surface area (Å²) in [5.41, 5.74) is 4.76. The first-order valence-electron chi connectivity index (χ1n) is 14.2. The molecule has 0 bridgehead atoms. The van der Waals surface area contributed by atoms with Crippen molar-refractivity contribution in [2.75, 3.05) is 0 Å². The van der Waals surface area contributed by atoms with Crippen molar-refractivity contribution in [3.8, 4) is 17.2 Å². The molecule has 6 nitrogen and oxygen atoms in total. The third kappa shape index (κ3) is 4.60. The minimum atomic E-state index is -3.06. The molecule has 5 aromatic carbocycles. The van der Waals surface area contributed by atoms with E-state index in [1.165, 1.54) is 0 Å². The Balaban J connectivity index is 1.32. The summed E-state index contributed by atoms with van der Waals surface area (Å²) in [7, 11) is 0. The lowest BCUT2D eigenvalue weighted by atomic mass is 10.1. The molecule has 0 aliphatic rings. The van der Waals surface area contributed by atoms with Crippen molar-refractivity contribution in [3.63, 3.8) is 0 Å². The number of pyridine rings is 2. The average molecular weight is 577 g/mol. The van der Waals surface area contributed by atoms with Crippen molar-refractivity contribution in [1.29, 1.82) is 0 Å². The van der Waals surface area contributed by atoms with Crippen molar-refractivity contribution in [2.45, 2.75) is 13.8 Å². The Morgan fingerprint density at radius 1 is 0.535 bits per heavy atom. The molecule has 0 N–H and O–H groups in total. The van der Waals surface area contributed by atoms with Crippen LogP contribution in [0.2, 0.25) is 0 Å². The van der Waals surface area contributed by atoms with Gasteiger partial charge in [-0.15, -0.1) is 0 Å². The fourth-order valence-electron chi connectivity index (χ4n) is 5.60. The molecule has 0 atom stereocenters. The maximum Gasteiger partial charge on any atom is 1.20 e. The highest BCUT2D eigenvalue weighted by Gasteiger charge is 2.46. The molecule has 0 saturated carbocycles. The maximum atomic E-state index is 6.88. The molecule has 3 aromatic heterocycles. The summed E-state index contributed by atoms with van der Waals surface area (Å²) in [6.07, 6.45) is 0. The summed E-state index contributed by atoms with van der Waals surface area (Å²) >= 11 is -3.06. The lowest BCUT2D eigenvalue weighted by Crippen LogP contribution is -2.37. The third-order valence-corrected chi connectivity index (χ3v) is 8.97. The van der Waals surface area contributed by atoms with E-state index in [0.717, 1.165) is 60.3 Å². The van der Waals surface area contributed by atoms with Gasteiger partial charge in [-0.3, -0.25) is 0 Å². The predicted molar refractivity (Wildman–Crippen MR) is 172 cm³/mol. The lowest BCUT2D eigenvalue weighted by molar-refractivity contribution is 0.311. The minimum absolute atomic E-state index is 0.592. The highest BCUT2D eigenvalue weighted by Crippen LogP contribution is 2.41. The number of nitrogens with zero attached hydrogens (tertiary/aromatic N) is 2. The smallest absolute Gasteiger partial charge is 0.576 e. The molecule has 0 saturated heterocycles. The first-order chi connectivity index (χ1) is 21.1. The van der Waals surface area contributed by atoms with Crippen LogP contribution < -0.4 is 11.4 Å². The summed E-state index contributed by atoms with van der Waals surface area (Å²) in [5.74, 6) is 1.79. The van der Waals surface area contributed by atoms with Crippen LogP contribution in [0.1, 0.15) is 11.4 Å². The second-order valence-electron chi connectivity index (χ2n) is 10.6. The van der Waals surface area contributed by atoms with Crippen molar-refractivity contribution in [1.82, 2.24) is 9.97 Å². The van der Waals surface area contributed by atoms with Crippen LogP contribution in [0.3, 0.4) is 0 Å². The van der Waals surface area contributed by atoms with Gasteiger partial charge < -0.3 is 15.8 Å². The van der Waals surface area contributed by atoms with E-state index >= 15 is 0 Å². The molecule has 0 aliphatic carbocycles. The molecular formula is C36H25AlN2O4. The molecule has 7 heteroatoms. The van der Waals surface area contributed by atoms with Gasteiger partial charge in [0, 0.05) is 38.3 Å². The molecule has 0 spiro atoms. The van der Waals surface area contributed by atoms with Gasteiger partial charge in [0.15, 0.2) is 5.58 Å². The van der Waals surface area contributed by atoms with E-state index in [0.29, 0.717) is 22.8 Å². The second-order valence-corrected chi connectivity index (χ2v) is 11.9. The number of aromatic nitrogens is 2. The van der Waals surface area contributed by atoms with Gasteiger partial charge in [0.25, 0.3) is 0 Å². The first-order valence-corrected chi connectivity index (χ1v) is 15.6. The van der Waals surface area contributed by atoms with E-state index in [-0.39, 0.29) is 0 Å². The minimum Gasteiger partial charge on any atom is -0.576 e. The van der Waals surface area contributed by atoms with Crippen LogP contribution in [-0.4, -0.2) is 25.1 Å². The Bertz CT molecular complexity index is 2240.